The predicted octanol–water partition coefficient (Wildman–Crippen LogP) is 11.1. The molecule has 0 unspecified atom stereocenters. The third-order valence-corrected chi connectivity index (χ3v) is 7.87. The van der Waals surface area contributed by atoms with Gasteiger partial charge >= 0.3 is 0 Å². The van der Waals surface area contributed by atoms with Crippen LogP contribution in [-0.2, 0) is 0 Å². The third kappa shape index (κ3) is 9.39. The molecule has 0 amide bonds. The van der Waals surface area contributed by atoms with Gasteiger partial charge in [0.05, 0.1) is 26.4 Å². The number of ether oxygens (including phenoxy) is 4. The van der Waals surface area contributed by atoms with Gasteiger partial charge in [-0.25, -0.2) is 17.6 Å². The minimum Gasteiger partial charge on any atom is -0.493 e. The number of benzene rings is 4. The molecule has 48 heavy (non-hydrogen) atoms. The van der Waals surface area contributed by atoms with Crippen molar-refractivity contribution >= 4 is 0 Å². The first-order valence-electron chi connectivity index (χ1n) is 16.2. The Kier molecular flexibility index (Phi) is 13.5. The topological polar surface area (TPSA) is 36.9 Å². The molecular weight excluding hydrogens is 634 g/mol. The van der Waals surface area contributed by atoms with E-state index in [0.717, 1.165) is 38.5 Å². The van der Waals surface area contributed by atoms with Crippen molar-refractivity contribution in [2.45, 2.75) is 59.3 Å². The third-order valence-electron chi connectivity index (χ3n) is 7.87. The van der Waals surface area contributed by atoms with Crippen LogP contribution in [0.5, 0.6) is 23.0 Å². The maximum Gasteiger partial charge on any atom is 0.201 e. The van der Waals surface area contributed by atoms with Crippen molar-refractivity contribution in [1.29, 1.82) is 0 Å². The second-order valence-corrected chi connectivity index (χ2v) is 11.4. The van der Waals surface area contributed by atoms with E-state index in [1.54, 1.807) is 13.8 Å². The van der Waals surface area contributed by atoms with Gasteiger partial charge in [0.2, 0.25) is 11.6 Å². The van der Waals surface area contributed by atoms with Crippen molar-refractivity contribution in [1.82, 2.24) is 0 Å². The molecule has 0 aliphatic heterocycles. The normalized spacial score (nSPS) is 11.2. The summed E-state index contributed by atoms with van der Waals surface area (Å²) < 4.78 is 108. The van der Waals surface area contributed by atoms with Crippen LogP contribution in [0, 0.1) is 40.8 Å². The smallest absolute Gasteiger partial charge is 0.201 e. The average molecular weight is 675 g/mol. The lowest BCUT2D eigenvalue weighted by molar-refractivity contribution is 0.289. The summed E-state index contributed by atoms with van der Waals surface area (Å²) in [6.45, 7) is 6.61. The summed E-state index contributed by atoms with van der Waals surface area (Å²) in [6.07, 6.45) is 5.33. The second kappa shape index (κ2) is 17.7. The van der Waals surface area contributed by atoms with E-state index in [9.17, 15) is 26.3 Å². The zero-order valence-electron chi connectivity index (χ0n) is 27.3. The summed E-state index contributed by atoms with van der Waals surface area (Å²) in [5.74, 6) is -5.45. The molecule has 0 radical (unpaired) electrons. The molecule has 0 spiro atoms. The number of rotatable bonds is 18. The highest BCUT2D eigenvalue weighted by atomic mass is 19.2. The molecule has 0 aromatic heterocycles. The van der Waals surface area contributed by atoms with Gasteiger partial charge in [0.15, 0.2) is 23.1 Å². The molecule has 0 aliphatic carbocycles. The van der Waals surface area contributed by atoms with Gasteiger partial charge in [-0.3, -0.25) is 0 Å². The fourth-order valence-corrected chi connectivity index (χ4v) is 5.34. The van der Waals surface area contributed by atoms with Gasteiger partial charge in [-0.1, -0.05) is 19.8 Å². The van der Waals surface area contributed by atoms with Crippen LogP contribution >= 0.6 is 0 Å². The summed E-state index contributed by atoms with van der Waals surface area (Å²) in [7, 11) is 0. The first kappa shape index (κ1) is 36.5. The largest absolute Gasteiger partial charge is 0.493 e. The zero-order chi connectivity index (χ0) is 34.6. The summed E-state index contributed by atoms with van der Waals surface area (Å²) in [6, 6.07) is 13.3. The molecule has 0 saturated heterocycles. The second-order valence-electron chi connectivity index (χ2n) is 11.4. The molecule has 0 N–H and O–H groups in total. The van der Waals surface area contributed by atoms with E-state index in [4.69, 9.17) is 18.9 Å². The molecule has 0 saturated carbocycles. The van der Waals surface area contributed by atoms with Gasteiger partial charge in [0.1, 0.15) is 23.1 Å². The van der Waals surface area contributed by atoms with E-state index in [2.05, 4.69) is 6.92 Å². The molecule has 0 bridgehead atoms. The highest BCUT2D eigenvalue weighted by Crippen LogP contribution is 2.34. The van der Waals surface area contributed by atoms with Crippen molar-refractivity contribution in [3.8, 4) is 45.3 Å². The molecule has 0 atom stereocenters. The molecule has 258 valence electrons. The van der Waals surface area contributed by atoms with E-state index in [-0.39, 0.29) is 47.0 Å². The number of hydrogen-bond acceptors (Lipinski definition) is 4. The Morgan fingerprint density at radius 3 is 1.25 bits per heavy atom. The average Bonchev–Trinajstić information content (AvgIpc) is 3.06. The van der Waals surface area contributed by atoms with Gasteiger partial charge in [-0.15, -0.1) is 0 Å². The molecule has 0 heterocycles. The molecule has 0 aliphatic rings. The fraction of sp³-hybridized carbons (Fsp3) is 0.368. The van der Waals surface area contributed by atoms with Crippen molar-refractivity contribution in [2.24, 2.45) is 5.92 Å². The number of halogens is 6. The van der Waals surface area contributed by atoms with Crippen molar-refractivity contribution in [2.75, 3.05) is 26.4 Å². The maximum absolute atomic E-state index is 14.7. The molecular formula is C38H40F6O4. The van der Waals surface area contributed by atoms with Crippen LogP contribution in [0.2, 0.25) is 0 Å². The van der Waals surface area contributed by atoms with E-state index in [1.807, 2.05) is 0 Å². The lowest BCUT2D eigenvalue weighted by Gasteiger charge is -2.13. The number of unbranched alkanes of at least 4 members (excludes halogenated alkanes) is 2. The summed E-state index contributed by atoms with van der Waals surface area (Å²) in [5, 5.41) is 0. The molecule has 4 rings (SSSR count). The van der Waals surface area contributed by atoms with Crippen LogP contribution in [-0.4, -0.2) is 26.4 Å². The Bertz CT molecular complexity index is 1540. The van der Waals surface area contributed by atoms with Gasteiger partial charge in [-0.05, 0) is 94.0 Å². The zero-order valence-corrected chi connectivity index (χ0v) is 27.3. The Hall–Kier alpha value is -4.34. The first-order valence-corrected chi connectivity index (χ1v) is 16.2. The Labute approximate surface area is 277 Å². The van der Waals surface area contributed by atoms with E-state index in [0.29, 0.717) is 30.6 Å². The van der Waals surface area contributed by atoms with Crippen LogP contribution in [0.3, 0.4) is 0 Å². The first-order chi connectivity index (χ1) is 23.1. The summed E-state index contributed by atoms with van der Waals surface area (Å²) >= 11 is 0. The van der Waals surface area contributed by atoms with Crippen molar-refractivity contribution in [3.05, 3.63) is 95.6 Å². The van der Waals surface area contributed by atoms with Crippen molar-refractivity contribution in [3.63, 3.8) is 0 Å². The van der Waals surface area contributed by atoms with Crippen molar-refractivity contribution < 1.29 is 45.3 Å². The molecule has 0 fully saturated rings. The molecule has 4 nitrogen and oxygen atoms in total. The lowest BCUT2D eigenvalue weighted by atomic mass is 9.98. The van der Waals surface area contributed by atoms with Crippen LogP contribution in [0.1, 0.15) is 59.3 Å². The Balaban J connectivity index is 1.13. The highest BCUT2D eigenvalue weighted by Gasteiger charge is 2.20. The minimum absolute atomic E-state index is 0.0688. The molecule has 4 aromatic rings. The fourth-order valence-electron chi connectivity index (χ4n) is 5.34. The Morgan fingerprint density at radius 1 is 0.479 bits per heavy atom. The maximum atomic E-state index is 14.7. The molecule has 4 aromatic carbocycles. The van der Waals surface area contributed by atoms with Crippen LogP contribution in [0.25, 0.3) is 22.3 Å². The lowest BCUT2D eigenvalue weighted by Crippen LogP contribution is -2.03. The quantitative estimate of drug-likeness (QED) is 0.0778. The highest BCUT2D eigenvalue weighted by molar-refractivity contribution is 5.68. The SMILES string of the molecule is CCOc1ccc(-c2ccc(OCCCCC(C)CCCCOc3ccc(-c4ccc(OCC)c(F)c4F)c(F)c3)cc2F)c(F)c1F. The van der Waals surface area contributed by atoms with Crippen LogP contribution < -0.4 is 18.9 Å². The van der Waals surface area contributed by atoms with Crippen LogP contribution in [0.4, 0.5) is 26.3 Å². The Morgan fingerprint density at radius 2 is 0.875 bits per heavy atom. The van der Waals surface area contributed by atoms with Gasteiger partial charge < -0.3 is 18.9 Å². The predicted molar refractivity (Wildman–Crippen MR) is 174 cm³/mol. The van der Waals surface area contributed by atoms with Gasteiger partial charge in [-0.2, -0.15) is 8.78 Å². The van der Waals surface area contributed by atoms with Crippen LogP contribution in [0.15, 0.2) is 60.7 Å². The van der Waals surface area contributed by atoms with E-state index >= 15 is 0 Å². The van der Waals surface area contributed by atoms with Gasteiger partial charge in [0.25, 0.3) is 0 Å². The minimum atomic E-state index is -1.17. The van der Waals surface area contributed by atoms with E-state index < -0.39 is 34.9 Å². The van der Waals surface area contributed by atoms with Gasteiger partial charge in [0, 0.05) is 34.4 Å². The monoisotopic (exact) mass is 674 g/mol. The summed E-state index contributed by atoms with van der Waals surface area (Å²) in [5.41, 5.74) is -0.525. The standard InChI is InChI=1S/C38H40F6O4/c1-4-45-33-18-16-29(35(41)37(33)43)27-14-12-25(22-31(27)39)47-20-8-6-10-24(3)11-7-9-21-48-26-13-15-28(32(40)23-26)30-17-19-34(46-5-2)38(44)36(30)42/h12-19,22-24H,4-11,20-21H2,1-3H3. The molecule has 10 heteroatoms. The summed E-state index contributed by atoms with van der Waals surface area (Å²) in [4.78, 5) is 0. The number of hydrogen-bond donors (Lipinski definition) is 0. The van der Waals surface area contributed by atoms with E-state index in [1.165, 1.54) is 60.7 Å².